The predicted octanol–water partition coefficient (Wildman–Crippen LogP) is 0.998. The van der Waals surface area contributed by atoms with Crippen molar-refractivity contribution < 1.29 is 14.3 Å². The predicted molar refractivity (Wildman–Crippen MR) is 75.5 cm³/mol. The zero-order chi connectivity index (χ0) is 14.3. The number of carbonyl (C=O) groups excluding carboxylic acids is 2. The zero-order valence-corrected chi connectivity index (χ0v) is 12.3. The molecule has 0 spiro atoms. The third-order valence-corrected chi connectivity index (χ3v) is 3.00. The molecule has 0 heterocycles. The molecule has 2 amide bonds. The molecule has 0 unspecified atom stereocenters. The van der Waals surface area contributed by atoms with E-state index >= 15 is 0 Å². The molecule has 104 valence electrons. The summed E-state index contributed by atoms with van der Waals surface area (Å²) in [5.74, 6) is -0.907. The molecule has 0 aliphatic rings. The summed E-state index contributed by atoms with van der Waals surface area (Å²) in [5.41, 5.74) is 6.21. The van der Waals surface area contributed by atoms with E-state index in [0.717, 1.165) is 10.0 Å². The minimum absolute atomic E-state index is 0.0688. The molecular weight excluding hydrogens is 312 g/mol. The van der Waals surface area contributed by atoms with Crippen molar-refractivity contribution in [3.05, 3.63) is 34.3 Å². The van der Waals surface area contributed by atoms with Crippen molar-refractivity contribution in [2.75, 3.05) is 13.2 Å². The fourth-order valence-corrected chi connectivity index (χ4v) is 1.77. The van der Waals surface area contributed by atoms with Gasteiger partial charge in [-0.3, -0.25) is 9.59 Å². The molecule has 1 rings (SSSR count). The molecule has 0 saturated heterocycles. The molecule has 0 bridgehead atoms. The van der Waals surface area contributed by atoms with Crippen LogP contribution in [-0.2, 0) is 20.7 Å². The highest BCUT2D eigenvalue weighted by Crippen LogP contribution is 2.11. The highest BCUT2D eigenvalue weighted by molar-refractivity contribution is 9.10. The first kappa shape index (κ1) is 15.7. The number of primary amides is 1. The SMILES string of the molecule is CCOCC(=O)N[C@H](Cc1ccc(Br)cc1)C(N)=O. The van der Waals surface area contributed by atoms with Gasteiger partial charge in [0.05, 0.1) is 0 Å². The smallest absolute Gasteiger partial charge is 0.246 e. The third-order valence-electron chi connectivity index (χ3n) is 2.47. The molecule has 6 heteroatoms. The molecule has 1 aromatic carbocycles. The summed E-state index contributed by atoms with van der Waals surface area (Å²) in [6.07, 6.45) is 0.362. The van der Waals surface area contributed by atoms with Gasteiger partial charge in [0.1, 0.15) is 12.6 Å². The van der Waals surface area contributed by atoms with Crippen molar-refractivity contribution in [1.82, 2.24) is 5.32 Å². The van der Waals surface area contributed by atoms with Gasteiger partial charge < -0.3 is 15.8 Å². The summed E-state index contributed by atoms with van der Waals surface area (Å²) < 4.78 is 5.92. The summed E-state index contributed by atoms with van der Waals surface area (Å²) in [7, 11) is 0. The number of halogens is 1. The van der Waals surface area contributed by atoms with Gasteiger partial charge in [0.15, 0.2) is 0 Å². The minimum atomic E-state index is -0.728. The van der Waals surface area contributed by atoms with E-state index < -0.39 is 11.9 Å². The average molecular weight is 329 g/mol. The third kappa shape index (κ3) is 5.85. The van der Waals surface area contributed by atoms with Crippen molar-refractivity contribution in [2.45, 2.75) is 19.4 Å². The number of carbonyl (C=O) groups is 2. The lowest BCUT2D eigenvalue weighted by atomic mass is 10.1. The van der Waals surface area contributed by atoms with Gasteiger partial charge in [0.2, 0.25) is 11.8 Å². The lowest BCUT2D eigenvalue weighted by molar-refractivity contribution is -0.130. The van der Waals surface area contributed by atoms with Gasteiger partial charge in [-0.15, -0.1) is 0 Å². The number of nitrogens with one attached hydrogen (secondary N) is 1. The van der Waals surface area contributed by atoms with E-state index in [1.54, 1.807) is 6.92 Å². The number of rotatable bonds is 7. The molecule has 0 aliphatic heterocycles. The van der Waals surface area contributed by atoms with Crippen LogP contribution in [0.1, 0.15) is 12.5 Å². The van der Waals surface area contributed by atoms with E-state index in [4.69, 9.17) is 10.5 Å². The Morgan fingerprint density at radius 1 is 1.37 bits per heavy atom. The first-order valence-electron chi connectivity index (χ1n) is 5.93. The number of ether oxygens (including phenoxy) is 1. The molecule has 19 heavy (non-hydrogen) atoms. The maximum atomic E-state index is 11.5. The highest BCUT2D eigenvalue weighted by Gasteiger charge is 2.18. The normalized spacial score (nSPS) is 11.9. The van der Waals surface area contributed by atoms with E-state index in [0.29, 0.717) is 13.0 Å². The zero-order valence-electron chi connectivity index (χ0n) is 10.7. The van der Waals surface area contributed by atoms with Gasteiger partial charge in [-0.2, -0.15) is 0 Å². The van der Waals surface area contributed by atoms with Crippen LogP contribution in [0.25, 0.3) is 0 Å². The fraction of sp³-hybridized carbons (Fsp3) is 0.385. The van der Waals surface area contributed by atoms with E-state index in [-0.39, 0.29) is 12.5 Å². The van der Waals surface area contributed by atoms with E-state index in [2.05, 4.69) is 21.2 Å². The summed E-state index contributed by atoms with van der Waals surface area (Å²) in [4.78, 5) is 22.8. The summed E-state index contributed by atoms with van der Waals surface area (Å²) in [6.45, 7) is 2.17. The molecule has 0 aromatic heterocycles. The van der Waals surface area contributed by atoms with Crippen LogP contribution in [-0.4, -0.2) is 31.1 Å². The Morgan fingerprint density at radius 3 is 2.53 bits per heavy atom. The van der Waals surface area contributed by atoms with Crippen LogP contribution < -0.4 is 11.1 Å². The first-order chi connectivity index (χ1) is 9.02. The van der Waals surface area contributed by atoms with Gasteiger partial charge in [-0.1, -0.05) is 28.1 Å². The van der Waals surface area contributed by atoms with Crippen molar-refractivity contribution >= 4 is 27.7 Å². The minimum Gasteiger partial charge on any atom is -0.372 e. The van der Waals surface area contributed by atoms with Crippen LogP contribution in [0.4, 0.5) is 0 Å². The van der Waals surface area contributed by atoms with Gasteiger partial charge in [-0.25, -0.2) is 0 Å². The van der Waals surface area contributed by atoms with Crippen LogP contribution in [0.2, 0.25) is 0 Å². The lowest BCUT2D eigenvalue weighted by Gasteiger charge is -2.15. The maximum Gasteiger partial charge on any atom is 0.246 e. The second kappa shape index (κ2) is 7.91. The second-order valence-electron chi connectivity index (χ2n) is 3.99. The van der Waals surface area contributed by atoms with Gasteiger partial charge >= 0.3 is 0 Å². The Balaban J connectivity index is 2.60. The molecule has 5 nitrogen and oxygen atoms in total. The average Bonchev–Trinajstić information content (AvgIpc) is 2.38. The summed E-state index contributed by atoms with van der Waals surface area (Å²) >= 11 is 3.33. The monoisotopic (exact) mass is 328 g/mol. The quantitative estimate of drug-likeness (QED) is 0.783. The van der Waals surface area contributed by atoms with E-state index in [1.165, 1.54) is 0 Å². The number of amides is 2. The Hall–Kier alpha value is -1.40. The molecule has 0 fully saturated rings. The second-order valence-corrected chi connectivity index (χ2v) is 4.91. The summed E-state index contributed by atoms with van der Waals surface area (Å²) in [6, 6.07) is 6.75. The number of hydrogen-bond donors (Lipinski definition) is 2. The highest BCUT2D eigenvalue weighted by atomic mass is 79.9. The number of nitrogens with two attached hydrogens (primary N) is 1. The van der Waals surface area contributed by atoms with Crippen LogP contribution >= 0.6 is 15.9 Å². The first-order valence-corrected chi connectivity index (χ1v) is 6.73. The molecular formula is C13H17BrN2O3. The van der Waals surface area contributed by atoms with E-state index in [9.17, 15) is 9.59 Å². The van der Waals surface area contributed by atoms with Crippen LogP contribution in [0.5, 0.6) is 0 Å². The van der Waals surface area contributed by atoms with Crippen molar-refractivity contribution in [2.24, 2.45) is 5.73 Å². The van der Waals surface area contributed by atoms with Crippen LogP contribution in [0.15, 0.2) is 28.7 Å². The van der Waals surface area contributed by atoms with E-state index in [1.807, 2.05) is 24.3 Å². The Labute approximate surface area is 120 Å². The Bertz CT molecular complexity index is 434. The molecule has 3 N–H and O–H groups in total. The van der Waals surface area contributed by atoms with Crippen LogP contribution in [0.3, 0.4) is 0 Å². The molecule has 0 saturated carbocycles. The van der Waals surface area contributed by atoms with Gasteiger partial charge in [-0.05, 0) is 24.6 Å². The maximum absolute atomic E-state index is 11.5. The van der Waals surface area contributed by atoms with Gasteiger partial charge in [0.25, 0.3) is 0 Å². The topological polar surface area (TPSA) is 81.4 Å². The molecule has 0 aliphatic carbocycles. The largest absolute Gasteiger partial charge is 0.372 e. The Morgan fingerprint density at radius 2 is 2.00 bits per heavy atom. The molecule has 1 atom stereocenters. The molecule has 1 aromatic rings. The molecule has 0 radical (unpaired) electrons. The standard InChI is InChI=1S/C13H17BrN2O3/c1-2-19-8-12(17)16-11(13(15)18)7-9-3-5-10(14)6-4-9/h3-6,11H,2,7-8H2,1H3,(H2,15,18)(H,16,17)/t11-/m1/s1. The number of benzene rings is 1. The van der Waals surface area contributed by atoms with Crippen molar-refractivity contribution in [1.29, 1.82) is 0 Å². The summed E-state index contributed by atoms with van der Waals surface area (Å²) in [5, 5.41) is 2.56. The fourth-order valence-electron chi connectivity index (χ4n) is 1.51. The van der Waals surface area contributed by atoms with Crippen molar-refractivity contribution in [3.8, 4) is 0 Å². The van der Waals surface area contributed by atoms with Crippen LogP contribution in [0, 0.1) is 0 Å². The van der Waals surface area contributed by atoms with Crippen molar-refractivity contribution in [3.63, 3.8) is 0 Å². The number of hydrogen-bond acceptors (Lipinski definition) is 3. The Kier molecular flexibility index (Phi) is 6.52. The lowest BCUT2D eigenvalue weighted by Crippen LogP contribution is -2.47. The van der Waals surface area contributed by atoms with Gasteiger partial charge in [0, 0.05) is 17.5 Å².